The molecule has 11 heteroatoms. The molecule has 1 fully saturated rings. The Bertz CT molecular complexity index is 1150. The van der Waals surface area contributed by atoms with Crippen LogP contribution in [0.2, 0.25) is 5.02 Å². The lowest BCUT2D eigenvalue weighted by molar-refractivity contribution is -0.137. The lowest BCUT2D eigenvalue weighted by atomic mass is 10.2. The van der Waals surface area contributed by atoms with Crippen LogP contribution in [0.1, 0.15) is 5.56 Å². The van der Waals surface area contributed by atoms with Crippen LogP contribution in [0.3, 0.4) is 0 Å². The van der Waals surface area contributed by atoms with Crippen LogP contribution in [-0.2, 0) is 24.3 Å². The highest BCUT2D eigenvalue weighted by Gasteiger charge is 2.36. The van der Waals surface area contributed by atoms with Crippen molar-refractivity contribution in [3.05, 3.63) is 47.0 Å². The van der Waals surface area contributed by atoms with Crippen LogP contribution in [0, 0.1) is 6.92 Å². The lowest BCUT2D eigenvalue weighted by Crippen LogP contribution is -2.49. The summed E-state index contributed by atoms with van der Waals surface area (Å²) < 4.78 is 33.5. The number of nitrogens with zero attached hydrogens (tertiary/aromatic N) is 1. The van der Waals surface area contributed by atoms with E-state index >= 15 is 0 Å². The fourth-order valence-electron chi connectivity index (χ4n) is 3.28. The molecule has 1 unspecified atom stereocenters. The summed E-state index contributed by atoms with van der Waals surface area (Å²) in [5.74, 6) is -0.742. The Hall–Kier alpha value is -2.27. The number of sulfonamides is 1. The van der Waals surface area contributed by atoms with E-state index in [4.69, 9.17) is 16.3 Å². The van der Waals surface area contributed by atoms with Crippen molar-refractivity contribution in [2.24, 2.45) is 0 Å². The number of morpholine rings is 1. The summed E-state index contributed by atoms with van der Waals surface area (Å²) in [7, 11) is -3.91. The van der Waals surface area contributed by atoms with Gasteiger partial charge in [-0.1, -0.05) is 17.7 Å². The predicted octanol–water partition coefficient (Wildman–Crippen LogP) is 2.72. The smallest absolute Gasteiger partial charge is 0.261 e. The van der Waals surface area contributed by atoms with Crippen LogP contribution in [0.15, 0.2) is 46.2 Å². The zero-order valence-corrected chi connectivity index (χ0v) is 18.9. The number of hydrogen-bond acceptors (Lipinski definition) is 6. The molecule has 4 rings (SSSR count). The Balaban J connectivity index is 1.55. The number of aryl methyl sites for hydroxylation is 1. The van der Waals surface area contributed by atoms with Gasteiger partial charge in [0.1, 0.15) is 0 Å². The molecule has 0 spiro atoms. The molecule has 2 aromatic rings. The lowest BCUT2D eigenvalue weighted by Gasteiger charge is -2.31. The molecule has 31 heavy (non-hydrogen) atoms. The van der Waals surface area contributed by atoms with E-state index in [0.717, 1.165) is 17.3 Å². The summed E-state index contributed by atoms with van der Waals surface area (Å²) in [6.07, 6.45) is 0. The number of nitrogens with one attached hydrogen (secondary N) is 2. The molecule has 2 aliphatic heterocycles. The molecule has 1 atom stereocenters. The maximum absolute atomic E-state index is 12.9. The Morgan fingerprint density at radius 3 is 2.71 bits per heavy atom. The van der Waals surface area contributed by atoms with Gasteiger partial charge >= 0.3 is 0 Å². The van der Waals surface area contributed by atoms with Gasteiger partial charge in [0.2, 0.25) is 11.8 Å². The van der Waals surface area contributed by atoms with Crippen LogP contribution < -0.4 is 10.0 Å². The minimum Gasteiger partial charge on any atom is -0.378 e. The molecule has 0 bridgehead atoms. The molecule has 8 nitrogen and oxygen atoms in total. The highest BCUT2D eigenvalue weighted by atomic mass is 35.5. The van der Waals surface area contributed by atoms with Crippen molar-refractivity contribution in [2.75, 3.05) is 36.3 Å². The summed E-state index contributed by atoms with van der Waals surface area (Å²) >= 11 is 7.09. The van der Waals surface area contributed by atoms with Crippen LogP contribution in [-0.4, -0.2) is 56.7 Å². The van der Waals surface area contributed by atoms with E-state index in [1.807, 2.05) is 0 Å². The molecular formula is C20H20ClN3O5S2. The van der Waals surface area contributed by atoms with Gasteiger partial charge in [-0.05, 0) is 42.8 Å². The second kappa shape index (κ2) is 8.70. The minimum atomic E-state index is -3.91. The van der Waals surface area contributed by atoms with Crippen molar-refractivity contribution in [3.8, 4) is 0 Å². The van der Waals surface area contributed by atoms with Crippen molar-refractivity contribution in [2.45, 2.75) is 22.0 Å². The van der Waals surface area contributed by atoms with Gasteiger partial charge in [-0.25, -0.2) is 8.42 Å². The standard InChI is InChI=1S/C20H20ClN3O5S2/c1-12-2-3-13(21)10-15(12)23-31(27,28)14-4-5-17-16(11-14)22-19(25)18(30-17)20(26)24-6-8-29-9-7-24/h2-5,10-11,18,23H,6-9H2,1H3,(H,22,25). The molecule has 0 aromatic heterocycles. The number of hydrogen-bond donors (Lipinski definition) is 2. The zero-order valence-electron chi connectivity index (χ0n) is 16.6. The first kappa shape index (κ1) is 21.9. The maximum Gasteiger partial charge on any atom is 0.261 e. The van der Waals surface area contributed by atoms with Gasteiger partial charge in [0.25, 0.3) is 10.0 Å². The fraction of sp³-hybridized carbons (Fsp3) is 0.300. The monoisotopic (exact) mass is 481 g/mol. The van der Waals surface area contributed by atoms with E-state index in [9.17, 15) is 18.0 Å². The van der Waals surface area contributed by atoms with Crippen LogP contribution in [0.25, 0.3) is 0 Å². The first-order valence-electron chi connectivity index (χ1n) is 9.52. The maximum atomic E-state index is 12.9. The molecule has 0 radical (unpaired) electrons. The van der Waals surface area contributed by atoms with Crippen LogP contribution >= 0.6 is 23.4 Å². The SMILES string of the molecule is Cc1ccc(Cl)cc1NS(=O)(=O)c1ccc2c(c1)NC(=O)C(C(=O)N1CCOCC1)S2. The third-order valence-electron chi connectivity index (χ3n) is 4.99. The van der Waals surface area contributed by atoms with Gasteiger partial charge in [0.05, 0.1) is 29.5 Å². The van der Waals surface area contributed by atoms with E-state index < -0.39 is 21.2 Å². The van der Waals surface area contributed by atoms with Crippen LogP contribution in [0.4, 0.5) is 11.4 Å². The highest BCUT2D eigenvalue weighted by molar-refractivity contribution is 8.01. The van der Waals surface area contributed by atoms with Gasteiger partial charge in [-0.15, -0.1) is 11.8 Å². The van der Waals surface area contributed by atoms with Crippen molar-refractivity contribution < 1.29 is 22.7 Å². The molecule has 1 saturated heterocycles. The molecule has 2 aromatic carbocycles. The third-order valence-corrected chi connectivity index (χ3v) is 7.85. The van der Waals surface area contributed by atoms with Crippen molar-refractivity contribution in [3.63, 3.8) is 0 Å². The molecule has 0 saturated carbocycles. The van der Waals surface area contributed by atoms with Crippen molar-refractivity contribution in [1.29, 1.82) is 0 Å². The van der Waals surface area contributed by atoms with Crippen molar-refractivity contribution >= 4 is 56.6 Å². The molecule has 2 amide bonds. The third kappa shape index (κ3) is 4.67. The number of rotatable bonds is 4. The van der Waals surface area contributed by atoms with E-state index in [-0.39, 0.29) is 10.8 Å². The number of halogens is 1. The number of carbonyl (C=O) groups is 2. The molecule has 2 heterocycles. The number of carbonyl (C=O) groups excluding carboxylic acids is 2. The Kier molecular flexibility index (Phi) is 6.16. The molecule has 2 aliphatic rings. The fourth-order valence-corrected chi connectivity index (χ4v) is 5.65. The summed E-state index contributed by atoms with van der Waals surface area (Å²) in [4.78, 5) is 27.6. The van der Waals surface area contributed by atoms with Gasteiger partial charge in [-0.2, -0.15) is 0 Å². The van der Waals surface area contributed by atoms with E-state index in [0.29, 0.717) is 47.6 Å². The number of fused-ring (bicyclic) bond motifs is 1. The van der Waals surface area contributed by atoms with Crippen LogP contribution in [0.5, 0.6) is 0 Å². The Labute approximate surface area is 189 Å². The zero-order chi connectivity index (χ0) is 22.2. The Morgan fingerprint density at radius 1 is 1.23 bits per heavy atom. The normalized spacial score (nSPS) is 18.8. The number of benzene rings is 2. The van der Waals surface area contributed by atoms with Gasteiger partial charge < -0.3 is 15.0 Å². The molecule has 2 N–H and O–H groups in total. The first-order valence-corrected chi connectivity index (χ1v) is 12.3. The van der Waals surface area contributed by atoms with Gasteiger partial charge in [-0.3, -0.25) is 14.3 Å². The van der Waals surface area contributed by atoms with Gasteiger partial charge in [0, 0.05) is 23.0 Å². The number of amides is 2. The minimum absolute atomic E-state index is 0.00974. The largest absolute Gasteiger partial charge is 0.378 e. The van der Waals surface area contributed by atoms with Gasteiger partial charge in [0.15, 0.2) is 5.25 Å². The summed E-state index contributed by atoms with van der Waals surface area (Å²) in [6.45, 7) is 3.55. The number of thioether (sulfide) groups is 1. The highest BCUT2D eigenvalue weighted by Crippen LogP contribution is 2.38. The van der Waals surface area contributed by atoms with E-state index in [1.54, 1.807) is 30.0 Å². The number of ether oxygens (including phenoxy) is 1. The average molecular weight is 482 g/mol. The second-order valence-electron chi connectivity index (χ2n) is 7.15. The number of anilines is 2. The molecule has 0 aliphatic carbocycles. The van der Waals surface area contributed by atoms with E-state index in [2.05, 4.69) is 10.0 Å². The topological polar surface area (TPSA) is 105 Å². The molecule has 164 valence electrons. The summed E-state index contributed by atoms with van der Waals surface area (Å²) in [6, 6.07) is 9.36. The van der Waals surface area contributed by atoms with Crippen molar-refractivity contribution in [1.82, 2.24) is 4.90 Å². The predicted molar refractivity (Wildman–Crippen MR) is 119 cm³/mol. The second-order valence-corrected chi connectivity index (χ2v) is 10.4. The Morgan fingerprint density at radius 2 is 1.97 bits per heavy atom. The molecular weight excluding hydrogens is 462 g/mol. The average Bonchev–Trinajstić information content (AvgIpc) is 2.75. The van der Waals surface area contributed by atoms with E-state index in [1.165, 1.54) is 18.2 Å². The summed E-state index contributed by atoms with van der Waals surface area (Å²) in [5, 5.41) is 2.17. The quantitative estimate of drug-likeness (QED) is 0.650. The summed E-state index contributed by atoms with van der Waals surface area (Å²) in [5.41, 5.74) is 1.45. The first-order chi connectivity index (χ1) is 14.7.